The van der Waals surface area contributed by atoms with Gasteiger partial charge in [0.05, 0.1) is 5.02 Å². The third kappa shape index (κ3) is 3.40. The number of halogens is 1. The highest BCUT2D eigenvalue weighted by Crippen LogP contribution is 2.24. The number of aliphatic hydroxyl groups is 1. The van der Waals surface area contributed by atoms with E-state index in [1.54, 1.807) is 17.5 Å². The van der Waals surface area contributed by atoms with Crippen LogP contribution in [0, 0.1) is 18.8 Å². The Bertz CT molecular complexity index is 697. The molecule has 0 saturated heterocycles. The number of rotatable bonds is 2. The van der Waals surface area contributed by atoms with Crippen molar-refractivity contribution in [3.05, 3.63) is 50.7 Å². The van der Waals surface area contributed by atoms with Crippen LogP contribution in [0.5, 0.6) is 0 Å². The number of thiophene rings is 1. The zero-order valence-corrected chi connectivity index (χ0v) is 12.3. The summed E-state index contributed by atoms with van der Waals surface area (Å²) in [6.45, 7) is 1.70. The summed E-state index contributed by atoms with van der Waals surface area (Å²) in [6.07, 6.45) is 0. The molecule has 1 heterocycles. The smallest absolute Gasteiger partial charge is 0.267 e. The second-order valence-corrected chi connectivity index (χ2v) is 5.36. The fourth-order valence-electron chi connectivity index (χ4n) is 1.61. The Kier molecular flexibility index (Phi) is 4.80. The average Bonchev–Trinajstić information content (AvgIpc) is 2.86. The standard InChI is InChI=1S/C15H12ClNO2S/c1-10-4-5-11(3-2-7-18)9-13(10)17-15(19)14-12(16)6-8-20-14/h4-6,8-9,18H,7H2,1H3,(H,17,19). The van der Waals surface area contributed by atoms with Crippen LogP contribution in [-0.2, 0) is 0 Å². The number of carbonyl (C=O) groups excluding carboxylic acids is 1. The molecule has 0 radical (unpaired) electrons. The highest BCUT2D eigenvalue weighted by atomic mass is 35.5. The molecule has 5 heteroatoms. The van der Waals surface area contributed by atoms with E-state index in [0.717, 1.165) is 11.1 Å². The molecule has 2 aromatic rings. The second kappa shape index (κ2) is 6.58. The molecule has 0 fully saturated rings. The van der Waals surface area contributed by atoms with Crippen molar-refractivity contribution in [3.8, 4) is 11.8 Å². The van der Waals surface area contributed by atoms with Crippen LogP contribution < -0.4 is 5.32 Å². The molecular formula is C15H12ClNO2S. The molecule has 0 saturated carbocycles. The van der Waals surface area contributed by atoms with Gasteiger partial charge in [0.25, 0.3) is 5.91 Å². The van der Waals surface area contributed by atoms with Crippen LogP contribution in [0.25, 0.3) is 0 Å². The maximum absolute atomic E-state index is 12.1. The summed E-state index contributed by atoms with van der Waals surface area (Å²) in [5.74, 6) is 5.15. The molecule has 102 valence electrons. The molecule has 20 heavy (non-hydrogen) atoms. The third-order valence-corrected chi connectivity index (χ3v) is 3.96. The first-order valence-electron chi connectivity index (χ1n) is 5.86. The van der Waals surface area contributed by atoms with Crippen molar-refractivity contribution >= 4 is 34.5 Å². The van der Waals surface area contributed by atoms with E-state index in [1.807, 2.05) is 19.1 Å². The van der Waals surface area contributed by atoms with E-state index in [0.29, 0.717) is 15.6 Å². The van der Waals surface area contributed by atoms with Gasteiger partial charge in [-0.15, -0.1) is 11.3 Å². The Morgan fingerprint density at radius 1 is 1.45 bits per heavy atom. The Labute approximate surface area is 126 Å². The number of benzene rings is 1. The zero-order chi connectivity index (χ0) is 14.5. The van der Waals surface area contributed by atoms with Crippen LogP contribution in [-0.4, -0.2) is 17.6 Å². The molecular weight excluding hydrogens is 294 g/mol. The summed E-state index contributed by atoms with van der Waals surface area (Å²) in [5.41, 5.74) is 2.35. The van der Waals surface area contributed by atoms with Crippen LogP contribution in [0.1, 0.15) is 20.8 Å². The lowest BCUT2D eigenvalue weighted by molar-refractivity contribution is 0.103. The number of amides is 1. The maximum atomic E-state index is 12.1. The Balaban J connectivity index is 2.25. The predicted octanol–water partition coefficient (Wildman–Crippen LogP) is 3.31. The van der Waals surface area contributed by atoms with E-state index < -0.39 is 0 Å². The minimum atomic E-state index is -0.236. The molecule has 2 N–H and O–H groups in total. The maximum Gasteiger partial charge on any atom is 0.267 e. The van der Waals surface area contributed by atoms with Crippen LogP contribution in [0.4, 0.5) is 5.69 Å². The van der Waals surface area contributed by atoms with E-state index >= 15 is 0 Å². The van der Waals surface area contributed by atoms with Gasteiger partial charge in [0.1, 0.15) is 11.5 Å². The number of hydrogen-bond donors (Lipinski definition) is 2. The van der Waals surface area contributed by atoms with Gasteiger partial charge in [-0.05, 0) is 36.1 Å². The lowest BCUT2D eigenvalue weighted by atomic mass is 10.1. The minimum absolute atomic E-state index is 0.194. The van der Waals surface area contributed by atoms with Crippen molar-refractivity contribution in [2.45, 2.75) is 6.92 Å². The van der Waals surface area contributed by atoms with E-state index in [2.05, 4.69) is 17.2 Å². The van der Waals surface area contributed by atoms with Gasteiger partial charge in [0.2, 0.25) is 0 Å². The minimum Gasteiger partial charge on any atom is -0.384 e. The summed E-state index contributed by atoms with van der Waals surface area (Å²) < 4.78 is 0. The second-order valence-electron chi connectivity index (χ2n) is 4.04. The summed E-state index contributed by atoms with van der Waals surface area (Å²) >= 11 is 7.24. The SMILES string of the molecule is Cc1ccc(C#CCO)cc1NC(=O)c1sccc1Cl. The summed E-state index contributed by atoms with van der Waals surface area (Å²) in [7, 11) is 0. The molecule has 1 amide bonds. The van der Waals surface area contributed by atoms with Gasteiger partial charge in [-0.25, -0.2) is 0 Å². The number of nitrogens with one attached hydrogen (secondary N) is 1. The van der Waals surface area contributed by atoms with Gasteiger partial charge in [-0.3, -0.25) is 4.79 Å². The van der Waals surface area contributed by atoms with Gasteiger partial charge in [-0.1, -0.05) is 29.5 Å². The molecule has 0 aliphatic carbocycles. The van der Waals surface area contributed by atoms with Gasteiger partial charge < -0.3 is 10.4 Å². The first-order valence-corrected chi connectivity index (χ1v) is 7.12. The lowest BCUT2D eigenvalue weighted by Gasteiger charge is -2.08. The molecule has 0 aliphatic rings. The molecule has 0 aliphatic heterocycles. The monoisotopic (exact) mass is 305 g/mol. The summed E-state index contributed by atoms with van der Waals surface area (Å²) in [5, 5.41) is 13.7. The first kappa shape index (κ1) is 14.6. The zero-order valence-electron chi connectivity index (χ0n) is 10.7. The highest BCUT2D eigenvalue weighted by Gasteiger charge is 2.13. The van der Waals surface area contributed by atoms with Crippen molar-refractivity contribution < 1.29 is 9.90 Å². The fraction of sp³-hybridized carbons (Fsp3) is 0.133. The van der Waals surface area contributed by atoms with Crippen LogP contribution in [0.3, 0.4) is 0 Å². The largest absolute Gasteiger partial charge is 0.384 e. The van der Waals surface area contributed by atoms with Crippen LogP contribution >= 0.6 is 22.9 Å². The molecule has 0 atom stereocenters. The van der Waals surface area contributed by atoms with Crippen molar-refractivity contribution in [1.82, 2.24) is 0 Å². The number of anilines is 1. The quantitative estimate of drug-likeness (QED) is 0.836. The van der Waals surface area contributed by atoms with E-state index in [9.17, 15) is 4.79 Å². The number of hydrogen-bond acceptors (Lipinski definition) is 3. The highest BCUT2D eigenvalue weighted by molar-refractivity contribution is 7.12. The van der Waals surface area contributed by atoms with Gasteiger partial charge >= 0.3 is 0 Å². The van der Waals surface area contributed by atoms with Gasteiger partial charge in [-0.2, -0.15) is 0 Å². The molecule has 1 aromatic heterocycles. The molecule has 3 nitrogen and oxygen atoms in total. The van der Waals surface area contributed by atoms with Gasteiger partial charge in [0.15, 0.2) is 0 Å². The van der Waals surface area contributed by atoms with Crippen molar-refractivity contribution in [3.63, 3.8) is 0 Å². The number of aliphatic hydroxyl groups excluding tert-OH is 1. The lowest BCUT2D eigenvalue weighted by Crippen LogP contribution is -2.11. The van der Waals surface area contributed by atoms with Crippen LogP contribution in [0.2, 0.25) is 5.02 Å². The Morgan fingerprint density at radius 2 is 2.25 bits per heavy atom. The van der Waals surface area contributed by atoms with Crippen molar-refractivity contribution in [1.29, 1.82) is 0 Å². The Hall–Kier alpha value is -1.80. The Morgan fingerprint density at radius 3 is 2.90 bits per heavy atom. The van der Waals surface area contributed by atoms with Crippen LogP contribution in [0.15, 0.2) is 29.6 Å². The normalized spacial score (nSPS) is 9.75. The number of carbonyl (C=O) groups is 1. The molecule has 1 aromatic carbocycles. The summed E-state index contributed by atoms with van der Waals surface area (Å²) in [6, 6.07) is 7.17. The van der Waals surface area contributed by atoms with Crippen molar-refractivity contribution in [2.75, 3.05) is 11.9 Å². The molecule has 0 unspecified atom stereocenters. The van der Waals surface area contributed by atoms with Crippen molar-refractivity contribution in [2.24, 2.45) is 0 Å². The number of aryl methyl sites for hydroxylation is 1. The van der Waals surface area contributed by atoms with Gasteiger partial charge in [0, 0.05) is 11.3 Å². The third-order valence-electron chi connectivity index (χ3n) is 2.62. The summed E-state index contributed by atoms with van der Waals surface area (Å²) in [4.78, 5) is 12.6. The first-order chi connectivity index (χ1) is 9.61. The molecule has 0 bridgehead atoms. The van der Waals surface area contributed by atoms with E-state index in [-0.39, 0.29) is 12.5 Å². The van der Waals surface area contributed by atoms with E-state index in [4.69, 9.17) is 16.7 Å². The average molecular weight is 306 g/mol. The predicted molar refractivity (Wildman–Crippen MR) is 82.4 cm³/mol. The molecule has 0 spiro atoms. The fourth-order valence-corrected chi connectivity index (χ4v) is 2.65. The molecule has 2 rings (SSSR count). The van der Waals surface area contributed by atoms with E-state index in [1.165, 1.54) is 11.3 Å². The topological polar surface area (TPSA) is 49.3 Å².